The summed E-state index contributed by atoms with van der Waals surface area (Å²) in [6.45, 7) is 6.45. The topological polar surface area (TPSA) is 54.9 Å². The summed E-state index contributed by atoms with van der Waals surface area (Å²) in [5.41, 5.74) is 0. The Hall–Kier alpha value is -0.620. The number of hydrogen-bond donors (Lipinski definition) is 1. The summed E-state index contributed by atoms with van der Waals surface area (Å²) in [4.78, 5) is 12.0. The minimum atomic E-state index is 0.115. The van der Waals surface area contributed by atoms with Crippen LogP contribution >= 0.6 is 23.1 Å². The van der Waals surface area contributed by atoms with Gasteiger partial charge in [0.2, 0.25) is 5.91 Å². The van der Waals surface area contributed by atoms with Crippen molar-refractivity contribution in [1.82, 2.24) is 15.5 Å². The van der Waals surface area contributed by atoms with Crippen molar-refractivity contribution < 1.29 is 4.79 Å². The number of nitrogens with zero attached hydrogens (tertiary/aromatic N) is 2. The lowest BCUT2D eigenvalue weighted by molar-refractivity contribution is -0.119. The number of aryl methyl sites for hydroxylation is 1. The fourth-order valence-corrected chi connectivity index (χ4v) is 4.12. The lowest BCUT2D eigenvalue weighted by Crippen LogP contribution is -2.44. The van der Waals surface area contributed by atoms with Gasteiger partial charge in [0, 0.05) is 6.04 Å². The molecule has 1 aromatic rings. The van der Waals surface area contributed by atoms with E-state index in [1.54, 1.807) is 0 Å². The maximum Gasteiger partial charge on any atom is 0.230 e. The zero-order chi connectivity index (χ0) is 13.8. The van der Waals surface area contributed by atoms with Gasteiger partial charge < -0.3 is 5.32 Å². The van der Waals surface area contributed by atoms with Crippen molar-refractivity contribution >= 4 is 29.0 Å². The van der Waals surface area contributed by atoms with Crippen molar-refractivity contribution in [3.8, 4) is 0 Å². The Balaban J connectivity index is 1.77. The van der Waals surface area contributed by atoms with E-state index in [0.29, 0.717) is 23.6 Å². The largest absolute Gasteiger partial charge is 0.352 e. The van der Waals surface area contributed by atoms with Crippen molar-refractivity contribution in [3.05, 3.63) is 5.01 Å². The third kappa shape index (κ3) is 4.18. The fraction of sp³-hybridized carbons (Fsp3) is 0.769. The van der Waals surface area contributed by atoms with Crippen molar-refractivity contribution in [2.75, 3.05) is 5.75 Å². The first-order valence-corrected chi connectivity index (χ1v) is 8.58. The Kier molecular flexibility index (Phi) is 5.21. The Morgan fingerprint density at radius 2 is 2.21 bits per heavy atom. The number of amides is 1. The predicted molar refractivity (Wildman–Crippen MR) is 79.5 cm³/mol. The quantitative estimate of drug-likeness (QED) is 0.869. The number of carbonyl (C=O) groups is 1. The summed E-state index contributed by atoms with van der Waals surface area (Å²) in [7, 11) is 0. The summed E-state index contributed by atoms with van der Waals surface area (Å²) in [6, 6.07) is 0.341. The van der Waals surface area contributed by atoms with E-state index in [1.807, 2.05) is 6.92 Å². The van der Waals surface area contributed by atoms with Crippen LogP contribution in [0.5, 0.6) is 0 Å². The van der Waals surface area contributed by atoms with Crippen LogP contribution in [0.2, 0.25) is 0 Å². The molecule has 1 heterocycles. The molecule has 4 nitrogen and oxygen atoms in total. The molecule has 0 saturated heterocycles. The van der Waals surface area contributed by atoms with E-state index in [4.69, 9.17) is 0 Å². The van der Waals surface area contributed by atoms with Gasteiger partial charge in [-0.3, -0.25) is 4.79 Å². The third-order valence-electron chi connectivity index (χ3n) is 3.89. The van der Waals surface area contributed by atoms with Crippen LogP contribution in [-0.4, -0.2) is 27.9 Å². The number of carbonyl (C=O) groups excluding carboxylic acids is 1. The molecule has 1 amide bonds. The molecule has 106 valence electrons. The molecule has 1 saturated carbocycles. The molecule has 2 rings (SSSR count). The van der Waals surface area contributed by atoms with Crippen molar-refractivity contribution in [2.24, 2.45) is 11.8 Å². The number of nitrogens with one attached hydrogen (secondary N) is 1. The highest BCUT2D eigenvalue weighted by Crippen LogP contribution is 2.29. The van der Waals surface area contributed by atoms with Crippen molar-refractivity contribution in [2.45, 2.75) is 50.4 Å². The standard InChI is InChI=1S/C13H21N3OS2/c1-8-5-4-6-11(9(8)2)14-12(17)7-18-13-16-15-10(3)19-13/h8-9,11H,4-7H2,1-3H3,(H,14,17)/t8-,9-,11-/m0/s1. The molecule has 1 fully saturated rings. The molecule has 0 unspecified atom stereocenters. The highest BCUT2D eigenvalue weighted by atomic mass is 32.2. The second-order valence-corrected chi connectivity index (χ2v) is 7.72. The van der Waals surface area contributed by atoms with E-state index in [9.17, 15) is 4.79 Å². The monoisotopic (exact) mass is 299 g/mol. The first-order valence-electron chi connectivity index (χ1n) is 6.78. The average Bonchev–Trinajstić information content (AvgIpc) is 2.78. The molecule has 3 atom stereocenters. The van der Waals surface area contributed by atoms with E-state index in [-0.39, 0.29) is 5.91 Å². The number of thioether (sulfide) groups is 1. The summed E-state index contributed by atoms with van der Waals surface area (Å²) >= 11 is 3.01. The van der Waals surface area contributed by atoms with E-state index in [1.165, 1.54) is 35.9 Å². The maximum absolute atomic E-state index is 12.0. The van der Waals surface area contributed by atoms with Crippen LogP contribution in [0.3, 0.4) is 0 Å². The molecular formula is C13H21N3OS2. The van der Waals surface area contributed by atoms with Gasteiger partial charge in [-0.05, 0) is 25.2 Å². The SMILES string of the molecule is Cc1nnc(SCC(=O)N[C@H]2CCC[C@H](C)[C@@H]2C)s1. The molecular weight excluding hydrogens is 278 g/mol. The molecule has 19 heavy (non-hydrogen) atoms. The molecule has 0 radical (unpaired) electrons. The van der Waals surface area contributed by atoms with Crippen LogP contribution in [0.25, 0.3) is 0 Å². The Bertz CT molecular complexity index is 435. The number of rotatable bonds is 4. The van der Waals surface area contributed by atoms with Gasteiger partial charge in [0.05, 0.1) is 5.75 Å². The van der Waals surface area contributed by atoms with E-state index in [0.717, 1.165) is 15.8 Å². The van der Waals surface area contributed by atoms with E-state index >= 15 is 0 Å². The zero-order valence-corrected chi connectivity index (χ0v) is 13.3. The summed E-state index contributed by atoms with van der Waals surface area (Å²) < 4.78 is 0.873. The third-order valence-corrected chi connectivity index (χ3v) is 5.86. The maximum atomic E-state index is 12.0. The van der Waals surface area contributed by atoms with Gasteiger partial charge in [-0.15, -0.1) is 10.2 Å². The Labute approximate surface area is 122 Å². The van der Waals surface area contributed by atoms with E-state index < -0.39 is 0 Å². The van der Waals surface area contributed by atoms with Gasteiger partial charge in [0.25, 0.3) is 0 Å². The average molecular weight is 299 g/mol. The van der Waals surface area contributed by atoms with Gasteiger partial charge in [-0.2, -0.15) is 0 Å². The van der Waals surface area contributed by atoms with Crippen molar-refractivity contribution in [1.29, 1.82) is 0 Å². The Morgan fingerprint density at radius 3 is 2.89 bits per heavy atom. The van der Waals surface area contributed by atoms with Crippen molar-refractivity contribution in [3.63, 3.8) is 0 Å². The van der Waals surface area contributed by atoms with Gasteiger partial charge in [-0.1, -0.05) is 49.8 Å². The van der Waals surface area contributed by atoms with Crippen LogP contribution < -0.4 is 5.32 Å². The minimum absolute atomic E-state index is 0.115. The van der Waals surface area contributed by atoms with Crippen LogP contribution in [0.15, 0.2) is 4.34 Å². The molecule has 1 N–H and O–H groups in total. The minimum Gasteiger partial charge on any atom is -0.352 e. The highest BCUT2D eigenvalue weighted by Gasteiger charge is 2.28. The summed E-state index contributed by atoms with van der Waals surface area (Å²) in [5, 5.41) is 12.1. The zero-order valence-electron chi connectivity index (χ0n) is 11.7. The van der Waals surface area contributed by atoms with Gasteiger partial charge in [0.1, 0.15) is 5.01 Å². The second-order valence-electron chi connectivity index (χ2n) is 5.32. The lowest BCUT2D eigenvalue weighted by atomic mass is 9.78. The molecule has 0 bridgehead atoms. The number of aromatic nitrogens is 2. The molecule has 1 aliphatic carbocycles. The van der Waals surface area contributed by atoms with Gasteiger partial charge in [0.15, 0.2) is 4.34 Å². The normalized spacial score (nSPS) is 27.2. The van der Waals surface area contributed by atoms with Crippen LogP contribution in [0.4, 0.5) is 0 Å². The molecule has 1 aromatic heterocycles. The van der Waals surface area contributed by atoms with Crippen LogP contribution in [0, 0.1) is 18.8 Å². The molecule has 1 aliphatic rings. The van der Waals surface area contributed by atoms with Crippen LogP contribution in [-0.2, 0) is 4.79 Å². The fourth-order valence-electron chi connectivity index (χ4n) is 2.50. The molecule has 0 spiro atoms. The van der Waals surface area contributed by atoms with E-state index in [2.05, 4.69) is 29.4 Å². The van der Waals surface area contributed by atoms with Gasteiger partial charge >= 0.3 is 0 Å². The molecule has 0 aromatic carbocycles. The Morgan fingerprint density at radius 1 is 1.42 bits per heavy atom. The predicted octanol–water partition coefficient (Wildman–Crippen LogP) is 2.88. The summed E-state index contributed by atoms with van der Waals surface area (Å²) in [5.74, 6) is 1.83. The molecule has 0 aliphatic heterocycles. The number of hydrogen-bond acceptors (Lipinski definition) is 5. The first-order chi connectivity index (χ1) is 9.06. The van der Waals surface area contributed by atoms with Gasteiger partial charge in [-0.25, -0.2) is 0 Å². The van der Waals surface area contributed by atoms with Crippen LogP contribution in [0.1, 0.15) is 38.1 Å². The highest BCUT2D eigenvalue weighted by molar-refractivity contribution is 8.01. The smallest absolute Gasteiger partial charge is 0.230 e. The first kappa shape index (κ1) is 14.8. The lowest BCUT2D eigenvalue weighted by Gasteiger charge is -2.34. The second kappa shape index (κ2) is 6.70. The molecule has 6 heteroatoms. The summed E-state index contributed by atoms with van der Waals surface area (Å²) in [6.07, 6.45) is 3.62.